The van der Waals surface area contributed by atoms with Gasteiger partial charge in [0.25, 0.3) is 0 Å². The lowest BCUT2D eigenvalue weighted by Crippen LogP contribution is -2.20. The number of aromatic nitrogens is 3. The number of ether oxygens (including phenoxy) is 2. The molecule has 2 aromatic heterocycles. The molecule has 1 unspecified atom stereocenters. The lowest BCUT2D eigenvalue weighted by atomic mass is 10.0. The van der Waals surface area contributed by atoms with Gasteiger partial charge in [-0.15, -0.1) is 0 Å². The molecule has 0 saturated heterocycles. The van der Waals surface area contributed by atoms with Gasteiger partial charge in [-0.05, 0) is 44.4 Å². The van der Waals surface area contributed by atoms with Gasteiger partial charge in [0.1, 0.15) is 17.7 Å². The molecule has 2 aromatic rings. The molecule has 0 radical (unpaired) electrons. The van der Waals surface area contributed by atoms with Crippen LogP contribution in [0, 0.1) is 0 Å². The third-order valence-corrected chi connectivity index (χ3v) is 5.01. The van der Waals surface area contributed by atoms with Crippen molar-refractivity contribution in [2.75, 3.05) is 7.11 Å². The van der Waals surface area contributed by atoms with Crippen molar-refractivity contribution in [3.05, 3.63) is 65.4 Å². The highest BCUT2D eigenvalue weighted by Gasteiger charge is 2.33. The van der Waals surface area contributed by atoms with Crippen LogP contribution in [-0.4, -0.2) is 28.1 Å². The Kier molecular flexibility index (Phi) is 7.37. The Bertz CT molecular complexity index is 1040. The topological polar surface area (TPSA) is 49.2 Å². The summed E-state index contributed by atoms with van der Waals surface area (Å²) in [5.41, 5.74) is -0.320. The summed E-state index contributed by atoms with van der Waals surface area (Å²) in [5.74, 6) is 0.164. The van der Waals surface area contributed by atoms with Crippen molar-refractivity contribution >= 4 is 5.57 Å². The largest absolute Gasteiger partial charge is 0.484 e. The van der Waals surface area contributed by atoms with Crippen molar-refractivity contribution in [2.24, 2.45) is 0 Å². The van der Waals surface area contributed by atoms with Gasteiger partial charge in [0, 0.05) is 24.4 Å². The van der Waals surface area contributed by atoms with Crippen molar-refractivity contribution in [3.8, 4) is 11.6 Å². The number of hydrogen-bond acceptors (Lipinski definition) is 4. The smallest absolute Gasteiger partial charge is 0.416 e. The number of fused-ring (bicyclic) bond motifs is 1. The van der Waals surface area contributed by atoms with Gasteiger partial charge in [0.15, 0.2) is 0 Å². The summed E-state index contributed by atoms with van der Waals surface area (Å²) in [6, 6.07) is 4.93. The Morgan fingerprint density at radius 1 is 1.31 bits per heavy atom. The van der Waals surface area contributed by atoms with Crippen LogP contribution >= 0.6 is 0 Å². The molecular weight excluding hydrogens is 426 g/mol. The van der Waals surface area contributed by atoms with Crippen molar-refractivity contribution in [2.45, 2.75) is 51.9 Å². The first-order chi connectivity index (χ1) is 15.3. The zero-order valence-corrected chi connectivity index (χ0v) is 18.1. The minimum absolute atomic E-state index is 0.129. The van der Waals surface area contributed by atoms with E-state index in [4.69, 9.17) is 9.47 Å². The molecular formula is C23H25F4N3O2. The maximum atomic E-state index is 14.7. The molecule has 172 valence electrons. The standard InChI is InChI=1S/C23H25F4N3O2/c1-4-7-15(23(25,26)27)12-17(18(24)5-2)19-14-20-21(8-6-11-30(20)29-19)32-16-9-10-28-22(13-16)31-3/h5,7,9-10,12-14,21H,4,6,8,11H2,1-3H3/b15-7-,17-12+,18-5+. The predicted molar refractivity (Wildman–Crippen MR) is 113 cm³/mol. The van der Waals surface area contributed by atoms with Gasteiger partial charge in [-0.3, -0.25) is 4.68 Å². The first-order valence-electron chi connectivity index (χ1n) is 10.3. The molecule has 3 heterocycles. The predicted octanol–water partition coefficient (Wildman–Crippen LogP) is 6.36. The Morgan fingerprint density at radius 3 is 2.75 bits per heavy atom. The molecule has 1 aliphatic heterocycles. The fourth-order valence-corrected chi connectivity index (χ4v) is 3.49. The van der Waals surface area contributed by atoms with E-state index in [9.17, 15) is 17.6 Å². The zero-order chi connectivity index (χ0) is 23.3. The SMILES string of the molecule is C\C=C(F)/C(=C\C(=C\CC)C(F)(F)F)c1cc2n(n1)CCCC2Oc1ccnc(OC)c1. The second-order valence-corrected chi connectivity index (χ2v) is 7.22. The highest BCUT2D eigenvalue weighted by Crippen LogP contribution is 2.36. The number of hydrogen-bond donors (Lipinski definition) is 0. The van der Waals surface area contributed by atoms with Crippen LogP contribution < -0.4 is 9.47 Å². The molecule has 0 aliphatic carbocycles. The van der Waals surface area contributed by atoms with Gasteiger partial charge in [-0.1, -0.05) is 19.1 Å². The van der Waals surface area contributed by atoms with Gasteiger partial charge in [0.05, 0.1) is 24.1 Å². The number of alkyl halides is 3. The quantitative estimate of drug-likeness (QED) is 0.363. The maximum absolute atomic E-state index is 14.7. The van der Waals surface area contributed by atoms with E-state index < -0.39 is 17.6 Å². The number of pyridine rings is 1. The average molecular weight is 451 g/mol. The summed E-state index contributed by atoms with van der Waals surface area (Å²) < 4.78 is 67.8. The van der Waals surface area contributed by atoms with E-state index in [2.05, 4.69) is 10.1 Å². The molecule has 1 atom stereocenters. The maximum Gasteiger partial charge on any atom is 0.416 e. The molecule has 0 saturated carbocycles. The monoisotopic (exact) mass is 451 g/mol. The Hall–Kier alpha value is -3.10. The van der Waals surface area contributed by atoms with Crippen molar-refractivity contribution in [1.82, 2.24) is 14.8 Å². The number of halogens is 4. The Balaban J connectivity index is 1.99. The van der Waals surface area contributed by atoms with E-state index in [0.29, 0.717) is 30.3 Å². The first-order valence-corrected chi connectivity index (χ1v) is 10.3. The third-order valence-electron chi connectivity index (χ3n) is 5.01. The first kappa shape index (κ1) is 23.6. The molecule has 32 heavy (non-hydrogen) atoms. The summed E-state index contributed by atoms with van der Waals surface area (Å²) in [6.45, 7) is 3.59. The molecule has 9 heteroatoms. The number of methoxy groups -OCH3 is 1. The van der Waals surface area contributed by atoms with E-state index in [1.165, 1.54) is 14.0 Å². The van der Waals surface area contributed by atoms with Gasteiger partial charge in [0.2, 0.25) is 5.88 Å². The lowest BCUT2D eigenvalue weighted by molar-refractivity contribution is -0.0883. The van der Waals surface area contributed by atoms with Crippen LogP contribution in [0.3, 0.4) is 0 Å². The molecule has 1 aliphatic rings. The van der Waals surface area contributed by atoms with Crippen LogP contribution in [0.25, 0.3) is 5.57 Å². The molecule has 0 fully saturated rings. The number of aryl methyl sites for hydroxylation is 1. The highest BCUT2D eigenvalue weighted by atomic mass is 19.4. The molecule has 3 rings (SSSR count). The van der Waals surface area contributed by atoms with Crippen molar-refractivity contribution in [3.63, 3.8) is 0 Å². The van der Waals surface area contributed by atoms with Gasteiger partial charge in [-0.25, -0.2) is 9.37 Å². The fraction of sp³-hybridized carbons (Fsp3) is 0.391. The second kappa shape index (κ2) is 10.0. The summed E-state index contributed by atoms with van der Waals surface area (Å²) in [6.07, 6.45) is 1.16. The minimum atomic E-state index is -4.60. The van der Waals surface area contributed by atoms with Crippen LogP contribution in [0.5, 0.6) is 11.6 Å². The van der Waals surface area contributed by atoms with Crippen molar-refractivity contribution < 1.29 is 27.0 Å². The fourth-order valence-electron chi connectivity index (χ4n) is 3.49. The van der Waals surface area contributed by atoms with Gasteiger partial charge in [-0.2, -0.15) is 18.3 Å². The van der Waals surface area contributed by atoms with E-state index in [1.807, 2.05) is 0 Å². The number of rotatable bonds is 7. The molecule has 0 N–H and O–H groups in total. The van der Waals surface area contributed by atoms with E-state index in [1.54, 1.807) is 36.0 Å². The van der Waals surface area contributed by atoms with Crippen LogP contribution in [0.2, 0.25) is 0 Å². The van der Waals surface area contributed by atoms with Crippen molar-refractivity contribution in [1.29, 1.82) is 0 Å². The third kappa shape index (κ3) is 5.38. The van der Waals surface area contributed by atoms with E-state index in [0.717, 1.165) is 24.6 Å². The van der Waals surface area contributed by atoms with Crippen LogP contribution in [0.4, 0.5) is 17.6 Å². The summed E-state index contributed by atoms with van der Waals surface area (Å²) >= 11 is 0. The molecule has 0 amide bonds. The summed E-state index contributed by atoms with van der Waals surface area (Å²) in [7, 11) is 1.50. The Morgan fingerprint density at radius 2 is 2.09 bits per heavy atom. The summed E-state index contributed by atoms with van der Waals surface area (Å²) in [5, 5.41) is 4.40. The second-order valence-electron chi connectivity index (χ2n) is 7.22. The molecule has 5 nitrogen and oxygen atoms in total. The van der Waals surface area contributed by atoms with E-state index in [-0.39, 0.29) is 23.8 Å². The molecule has 0 aromatic carbocycles. The zero-order valence-electron chi connectivity index (χ0n) is 18.1. The molecule has 0 spiro atoms. The lowest BCUT2D eigenvalue weighted by Gasteiger charge is -2.24. The summed E-state index contributed by atoms with van der Waals surface area (Å²) in [4.78, 5) is 4.04. The van der Waals surface area contributed by atoms with Crippen LogP contribution in [0.1, 0.15) is 50.6 Å². The van der Waals surface area contributed by atoms with E-state index >= 15 is 0 Å². The minimum Gasteiger partial charge on any atom is -0.484 e. The number of nitrogens with zero attached hydrogens (tertiary/aromatic N) is 3. The Labute approximate surface area is 184 Å². The van der Waals surface area contributed by atoms with Crippen LogP contribution in [-0.2, 0) is 6.54 Å². The number of allylic oxidation sites excluding steroid dienone is 6. The normalized spacial score (nSPS) is 17.8. The van der Waals surface area contributed by atoms with Crippen LogP contribution in [0.15, 0.2) is 54.0 Å². The average Bonchev–Trinajstić information content (AvgIpc) is 3.20. The highest BCUT2D eigenvalue weighted by molar-refractivity contribution is 5.77. The van der Waals surface area contributed by atoms with Gasteiger partial charge < -0.3 is 9.47 Å². The molecule has 0 bridgehead atoms. The van der Waals surface area contributed by atoms with Gasteiger partial charge >= 0.3 is 6.18 Å².